The van der Waals surface area contributed by atoms with Crippen molar-refractivity contribution in [3.8, 4) is 5.75 Å². The van der Waals surface area contributed by atoms with E-state index >= 15 is 0 Å². The van der Waals surface area contributed by atoms with E-state index in [1.54, 1.807) is 11.3 Å². The molecule has 0 unspecified atom stereocenters. The smallest absolute Gasteiger partial charge is 0.119 e. The number of nitrogens with zero attached hydrogens (tertiary/aromatic N) is 2. The minimum absolute atomic E-state index is 0.706. The molecule has 0 aliphatic carbocycles. The summed E-state index contributed by atoms with van der Waals surface area (Å²) < 4.78 is 5.50. The van der Waals surface area contributed by atoms with Crippen molar-refractivity contribution in [2.75, 3.05) is 13.7 Å². The van der Waals surface area contributed by atoms with Gasteiger partial charge in [0.2, 0.25) is 0 Å². The minimum atomic E-state index is 0.706. The average molecular weight is 262 g/mol. The molecule has 3 nitrogen and oxygen atoms in total. The molecule has 0 radical (unpaired) electrons. The normalized spacial score (nSPS) is 10.8. The van der Waals surface area contributed by atoms with Gasteiger partial charge in [0, 0.05) is 18.5 Å². The van der Waals surface area contributed by atoms with E-state index in [9.17, 15) is 0 Å². The Morgan fingerprint density at radius 2 is 2.22 bits per heavy atom. The molecule has 2 aromatic rings. The third kappa shape index (κ3) is 3.82. The number of hydrogen-bond acceptors (Lipinski definition) is 4. The molecule has 0 amide bonds. The van der Waals surface area contributed by atoms with Crippen molar-refractivity contribution in [1.82, 2.24) is 9.88 Å². The first-order valence-electron chi connectivity index (χ1n) is 6.05. The maximum absolute atomic E-state index is 5.50. The summed E-state index contributed by atoms with van der Waals surface area (Å²) in [7, 11) is 2.10. The average Bonchev–Trinajstić information content (AvgIpc) is 2.82. The van der Waals surface area contributed by atoms with Gasteiger partial charge in [-0.1, -0.05) is 12.1 Å². The summed E-state index contributed by atoms with van der Waals surface area (Å²) >= 11 is 1.64. The van der Waals surface area contributed by atoms with Gasteiger partial charge in [-0.3, -0.25) is 4.90 Å². The quantitative estimate of drug-likeness (QED) is 0.799. The monoisotopic (exact) mass is 262 g/mol. The Balaban J connectivity index is 1.93. The van der Waals surface area contributed by atoms with Crippen molar-refractivity contribution in [3.63, 3.8) is 0 Å². The number of ether oxygens (including phenoxy) is 1. The number of rotatable bonds is 6. The van der Waals surface area contributed by atoms with E-state index in [0.29, 0.717) is 6.61 Å². The van der Waals surface area contributed by atoms with Crippen LogP contribution in [0.1, 0.15) is 18.2 Å². The van der Waals surface area contributed by atoms with Crippen LogP contribution in [0, 0.1) is 0 Å². The third-order valence-electron chi connectivity index (χ3n) is 2.58. The number of hydrogen-bond donors (Lipinski definition) is 0. The first-order valence-corrected chi connectivity index (χ1v) is 6.99. The highest BCUT2D eigenvalue weighted by atomic mass is 32.1. The largest absolute Gasteiger partial charge is 0.494 e. The maximum Gasteiger partial charge on any atom is 0.119 e. The number of benzene rings is 1. The van der Waals surface area contributed by atoms with Gasteiger partial charge in [0.25, 0.3) is 0 Å². The Morgan fingerprint density at radius 3 is 2.94 bits per heavy atom. The van der Waals surface area contributed by atoms with Crippen LogP contribution in [0.4, 0.5) is 0 Å². The summed E-state index contributed by atoms with van der Waals surface area (Å²) in [5, 5.41) is 2.09. The van der Waals surface area contributed by atoms with E-state index in [1.807, 2.05) is 24.6 Å². The molecular formula is C14H18N2OS. The van der Waals surface area contributed by atoms with Gasteiger partial charge in [0.1, 0.15) is 5.75 Å². The second-order valence-electron chi connectivity index (χ2n) is 4.23. The fraction of sp³-hybridized carbons (Fsp3) is 0.357. The SMILES string of the molecule is CCOc1cccc(CN(C)Cc2cscn2)c1. The summed E-state index contributed by atoms with van der Waals surface area (Å²) in [5.41, 5.74) is 4.26. The lowest BCUT2D eigenvalue weighted by molar-refractivity contribution is 0.312. The lowest BCUT2D eigenvalue weighted by Crippen LogP contribution is -2.17. The molecule has 1 heterocycles. The Kier molecular flexibility index (Phi) is 4.73. The van der Waals surface area contributed by atoms with Crippen LogP contribution in [-0.2, 0) is 13.1 Å². The van der Waals surface area contributed by atoms with Crippen LogP contribution in [0.2, 0.25) is 0 Å². The lowest BCUT2D eigenvalue weighted by Gasteiger charge is -2.15. The zero-order chi connectivity index (χ0) is 12.8. The standard InChI is InChI=1S/C14H18N2OS/c1-3-17-14-6-4-5-12(7-14)8-16(2)9-13-10-18-11-15-13/h4-7,10-11H,3,8-9H2,1-2H3. The van der Waals surface area contributed by atoms with Crippen molar-refractivity contribution in [3.05, 3.63) is 46.4 Å². The van der Waals surface area contributed by atoms with E-state index in [1.165, 1.54) is 5.56 Å². The molecule has 0 fully saturated rings. The van der Waals surface area contributed by atoms with Gasteiger partial charge in [0.05, 0.1) is 17.8 Å². The van der Waals surface area contributed by atoms with Crippen LogP contribution in [0.15, 0.2) is 35.2 Å². The van der Waals surface area contributed by atoms with Crippen molar-refractivity contribution >= 4 is 11.3 Å². The van der Waals surface area contributed by atoms with Crippen LogP contribution in [0.5, 0.6) is 5.75 Å². The topological polar surface area (TPSA) is 25.4 Å². The molecule has 0 bridgehead atoms. The van der Waals surface area contributed by atoms with Crippen LogP contribution < -0.4 is 4.74 Å². The zero-order valence-corrected chi connectivity index (χ0v) is 11.6. The van der Waals surface area contributed by atoms with Gasteiger partial charge in [0.15, 0.2) is 0 Å². The molecule has 96 valence electrons. The van der Waals surface area contributed by atoms with E-state index < -0.39 is 0 Å². The van der Waals surface area contributed by atoms with Gasteiger partial charge in [-0.15, -0.1) is 11.3 Å². The van der Waals surface area contributed by atoms with Gasteiger partial charge in [-0.05, 0) is 31.7 Å². The van der Waals surface area contributed by atoms with Crippen molar-refractivity contribution < 1.29 is 4.74 Å². The van der Waals surface area contributed by atoms with Crippen molar-refractivity contribution in [2.45, 2.75) is 20.0 Å². The predicted molar refractivity (Wildman–Crippen MR) is 74.9 cm³/mol. The highest BCUT2D eigenvalue weighted by molar-refractivity contribution is 7.07. The molecular weight excluding hydrogens is 244 g/mol. The first-order chi connectivity index (χ1) is 8.78. The van der Waals surface area contributed by atoms with Gasteiger partial charge in [-0.25, -0.2) is 4.98 Å². The molecule has 0 aliphatic heterocycles. The third-order valence-corrected chi connectivity index (χ3v) is 3.21. The van der Waals surface area contributed by atoms with Crippen LogP contribution >= 0.6 is 11.3 Å². The van der Waals surface area contributed by atoms with E-state index in [0.717, 1.165) is 24.5 Å². The molecule has 1 aromatic heterocycles. The van der Waals surface area contributed by atoms with Gasteiger partial charge >= 0.3 is 0 Å². The van der Waals surface area contributed by atoms with E-state index in [2.05, 4.69) is 34.4 Å². The Morgan fingerprint density at radius 1 is 1.33 bits per heavy atom. The summed E-state index contributed by atoms with van der Waals surface area (Å²) in [4.78, 5) is 6.55. The second-order valence-corrected chi connectivity index (χ2v) is 4.95. The fourth-order valence-corrected chi connectivity index (χ4v) is 2.41. The second kappa shape index (κ2) is 6.52. The molecule has 0 spiro atoms. The zero-order valence-electron chi connectivity index (χ0n) is 10.8. The summed E-state index contributed by atoms with van der Waals surface area (Å²) in [6, 6.07) is 8.26. The van der Waals surface area contributed by atoms with Gasteiger partial charge < -0.3 is 4.74 Å². The van der Waals surface area contributed by atoms with E-state index in [4.69, 9.17) is 4.74 Å². The number of thiazole rings is 1. The van der Waals surface area contributed by atoms with Crippen molar-refractivity contribution in [1.29, 1.82) is 0 Å². The maximum atomic E-state index is 5.50. The minimum Gasteiger partial charge on any atom is -0.494 e. The first kappa shape index (κ1) is 13.1. The molecule has 0 saturated heterocycles. The molecule has 1 aromatic carbocycles. The predicted octanol–water partition coefficient (Wildman–Crippen LogP) is 3.17. The Hall–Kier alpha value is -1.39. The Labute approximate surface area is 112 Å². The molecule has 0 atom stereocenters. The Bertz CT molecular complexity index is 470. The van der Waals surface area contributed by atoms with Crippen LogP contribution in [-0.4, -0.2) is 23.5 Å². The summed E-state index contributed by atoms with van der Waals surface area (Å²) in [5.74, 6) is 0.942. The molecule has 0 aliphatic rings. The van der Waals surface area contributed by atoms with E-state index in [-0.39, 0.29) is 0 Å². The van der Waals surface area contributed by atoms with Crippen LogP contribution in [0.25, 0.3) is 0 Å². The van der Waals surface area contributed by atoms with Crippen molar-refractivity contribution in [2.24, 2.45) is 0 Å². The molecule has 0 N–H and O–H groups in total. The lowest BCUT2D eigenvalue weighted by atomic mass is 10.2. The van der Waals surface area contributed by atoms with Gasteiger partial charge in [-0.2, -0.15) is 0 Å². The summed E-state index contributed by atoms with van der Waals surface area (Å²) in [6.07, 6.45) is 0. The highest BCUT2D eigenvalue weighted by Gasteiger charge is 2.04. The molecule has 18 heavy (non-hydrogen) atoms. The highest BCUT2D eigenvalue weighted by Crippen LogP contribution is 2.15. The van der Waals surface area contributed by atoms with Crippen LogP contribution in [0.3, 0.4) is 0 Å². The molecule has 4 heteroatoms. The summed E-state index contributed by atoms with van der Waals surface area (Å²) in [6.45, 7) is 4.49. The molecule has 0 saturated carbocycles. The number of aromatic nitrogens is 1. The fourth-order valence-electron chi connectivity index (χ4n) is 1.86. The molecule has 2 rings (SSSR count).